The van der Waals surface area contributed by atoms with E-state index in [1.807, 2.05) is 26.8 Å². The maximum Gasteiger partial charge on any atom is 0.530 e. The zero-order valence-corrected chi connectivity index (χ0v) is 14.6. The summed E-state index contributed by atoms with van der Waals surface area (Å²) in [5.41, 5.74) is 0.607. The van der Waals surface area contributed by atoms with E-state index in [1.54, 1.807) is 19.9 Å². The predicted octanol–water partition coefficient (Wildman–Crippen LogP) is 4.27. The molecule has 1 aliphatic heterocycles. The van der Waals surface area contributed by atoms with Crippen LogP contribution in [0.3, 0.4) is 0 Å². The van der Waals surface area contributed by atoms with Crippen LogP contribution >= 0.6 is 7.82 Å². The molecule has 0 spiro atoms. The van der Waals surface area contributed by atoms with Gasteiger partial charge in [0.1, 0.15) is 5.75 Å². The van der Waals surface area contributed by atoms with Crippen LogP contribution in [0.4, 0.5) is 0 Å². The highest BCUT2D eigenvalue weighted by molar-refractivity contribution is 7.48. The first-order chi connectivity index (χ1) is 10.3. The fraction of sp³-hybridized carbons (Fsp3) is 0.600. The average Bonchev–Trinajstić information content (AvgIpc) is 2.84. The smallest absolute Gasteiger partial charge is 0.454 e. The second-order valence-corrected chi connectivity index (χ2v) is 7.42. The third kappa shape index (κ3) is 3.75. The Bertz CT molecular complexity index is 568. The van der Waals surface area contributed by atoms with Crippen molar-refractivity contribution in [3.8, 4) is 17.2 Å². The van der Waals surface area contributed by atoms with Crippen molar-refractivity contribution in [2.75, 3.05) is 20.0 Å². The molecule has 0 bridgehead atoms. The lowest BCUT2D eigenvalue weighted by molar-refractivity contribution is 0.166. The molecule has 1 heterocycles. The SMILES string of the molecule is CCOP(=O)(OCC)Oc1cc2c(cc1C(C)(C)C)OCO2. The van der Waals surface area contributed by atoms with E-state index in [0.717, 1.165) is 5.56 Å². The fourth-order valence-electron chi connectivity index (χ4n) is 2.11. The molecule has 0 aromatic heterocycles. The molecule has 0 unspecified atom stereocenters. The van der Waals surface area contributed by atoms with Crippen molar-refractivity contribution < 1.29 is 27.6 Å². The molecule has 0 atom stereocenters. The van der Waals surface area contributed by atoms with Gasteiger partial charge in [0.25, 0.3) is 0 Å². The Morgan fingerprint density at radius 1 is 1.09 bits per heavy atom. The Balaban J connectivity index is 2.42. The second kappa shape index (κ2) is 6.49. The zero-order valence-electron chi connectivity index (χ0n) is 13.7. The van der Waals surface area contributed by atoms with Crippen LogP contribution < -0.4 is 14.0 Å². The number of phosphoric acid groups is 1. The summed E-state index contributed by atoms with van der Waals surface area (Å²) in [7, 11) is -3.66. The van der Waals surface area contributed by atoms with Crippen LogP contribution in [0.1, 0.15) is 40.2 Å². The van der Waals surface area contributed by atoms with Gasteiger partial charge >= 0.3 is 7.82 Å². The highest BCUT2D eigenvalue weighted by Gasteiger charge is 2.32. The summed E-state index contributed by atoms with van der Waals surface area (Å²) < 4.78 is 39.4. The van der Waals surface area contributed by atoms with Crippen LogP contribution in [-0.4, -0.2) is 20.0 Å². The van der Waals surface area contributed by atoms with Gasteiger partial charge in [-0.15, -0.1) is 0 Å². The molecule has 22 heavy (non-hydrogen) atoms. The number of fused-ring (bicyclic) bond motifs is 1. The van der Waals surface area contributed by atoms with E-state index in [4.69, 9.17) is 23.0 Å². The Morgan fingerprint density at radius 2 is 1.64 bits per heavy atom. The van der Waals surface area contributed by atoms with Crippen LogP contribution in [0, 0.1) is 0 Å². The lowest BCUT2D eigenvalue weighted by Crippen LogP contribution is -2.14. The maximum atomic E-state index is 12.6. The van der Waals surface area contributed by atoms with E-state index < -0.39 is 7.82 Å². The van der Waals surface area contributed by atoms with Gasteiger partial charge in [0.05, 0.1) is 13.2 Å². The number of ether oxygens (including phenoxy) is 2. The first kappa shape index (κ1) is 17.1. The van der Waals surface area contributed by atoms with Crippen molar-refractivity contribution in [1.29, 1.82) is 0 Å². The highest BCUT2D eigenvalue weighted by Crippen LogP contribution is 2.53. The standard InChI is InChI=1S/C15H23O6P/c1-6-19-22(16,20-7-2)21-12-9-14-13(17-10-18-14)8-11(12)15(3,4)5/h8-9H,6-7,10H2,1-5H3. The van der Waals surface area contributed by atoms with E-state index in [-0.39, 0.29) is 25.4 Å². The van der Waals surface area contributed by atoms with Crippen molar-refractivity contribution in [2.45, 2.75) is 40.0 Å². The van der Waals surface area contributed by atoms with Gasteiger partial charge in [-0.1, -0.05) is 20.8 Å². The van der Waals surface area contributed by atoms with Crippen molar-refractivity contribution >= 4 is 7.82 Å². The predicted molar refractivity (Wildman–Crippen MR) is 82.8 cm³/mol. The summed E-state index contributed by atoms with van der Waals surface area (Å²) in [5, 5.41) is 0. The van der Waals surface area contributed by atoms with Gasteiger partial charge in [0.15, 0.2) is 11.5 Å². The van der Waals surface area contributed by atoms with Gasteiger partial charge in [0.2, 0.25) is 6.79 Å². The number of benzene rings is 1. The molecule has 2 rings (SSSR count). The minimum absolute atomic E-state index is 0.164. The molecular weight excluding hydrogens is 307 g/mol. The van der Waals surface area contributed by atoms with Crippen LogP contribution in [0.5, 0.6) is 17.2 Å². The molecule has 0 saturated heterocycles. The third-order valence-corrected chi connectivity index (χ3v) is 4.64. The van der Waals surface area contributed by atoms with Crippen LogP contribution in [0.15, 0.2) is 12.1 Å². The summed E-state index contributed by atoms with van der Waals surface area (Å²) in [6.45, 7) is 10.2. The monoisotopic (exact) mass is 330 g/mol. The van der Waals surface area contributed by atoms with E-state index in [1.165, 1.54) is 0 Å². The summed E-state index contributed by atoms with van der Waals surface area (Å²) in [5.74, 6) is 1.63. The summed E-state index contributed by atoms with van der Waals surface area (Å²) in [4.78, 5) is 0. The van der Waals surface area contributed by atoms with Gasteiger partial charge in [-0.3, -0.25) is 9.05 Å². The van der Waals surface area contributed by atoms with Gasteiger partial charge in [-0.2, -0.15) is 0 Å². The molecule has 1 aliphatic rings. The molecule has 0 aliphatic carbocycles. The fourth-order valence-corrected chi connectivity index (χ4v) is 3.32. The highest BCUT2D eigenvalue weighted by atomic mass is 31.2. The Morgan fingerprint density at radius 3 is 2.14 bits per heavy atom. The molecule has 0 fully saturated rings. The number of hydrogen-bond donors (Lipinski definition) is 0. The first-order valence-corrected chi connectivity index (χ1v) is 8.78. The first-order valence-electron chi connectivity index (χ1n) is 7.32. The normalized spacial score (nSPS) is 14.2. The molecular formula is C15H23O6P. The van der Waals surface area contributed by atoms with Crippen molar-refractivity contribution in [3.63, 3.8) is 0 Å². The van der Waals surface area contributed by atoms with E-state index in [9.17, 15) is 4.57 Å². The summed E-state index contributed by atoms with van der Waals surface area (Å²) >= 11 is 0. The van der Waals surface area contributed by atoms with Gasteiger partial charge < -0.3 is 14.0 Å². The molecule has 0 amide bonds. The zero-order chi connectivity index (χ0) is 16.4. The van der Waals surface area contributed by atoms with Gasteiger partial charge in [-0.25, -0.2) is 4.57 Å². The van der Waals surface area contributed by atoms with Crippen molar-refractivity contribution in [1.82, 2.24) is 0 Å². The largest absolute Gasteiger partial charge is 0.530 e. The lowest BCUT2D eigenvalue weighted by atomic mass is 9.86. The minimum atomic E-state index is -3.66. The minimum Gasteiger partial charge on any atom is -0.454 e. The van der Waals surface area contributed by atoms with Crippen LogP contribution in [0.2, 0.25) is 0 Å². The molecule has 1 aromatic rings. The average molecular weight is 330 g/mol. The van der Waals surface area contributed by atoms with E-state index >= 15 is 0 Å². The number of hydrogen-bond acceptors (Lipinski definition) is 6. The molecule has 6 nitrogen and oxygen atoms in total. The quantitative estimate of drug-likeness (QED) is 0.726. The van der Waals surface area contributed by atoms with Crippen LogP contribution in [-0.2, 0) is 19.0 Å². The van der Waals surface area contributed by atoms with Gasteiger partial charge in [-0.05, 0) is 25.3 Å². The Kier molecular flexibility index (Phi) is 5.05. The molecule has 124 valence electrons. The topological polar surface area (TPSA) is 63.2 Å². The maximum absolute atomic E-state index is 12.6. The van der Waals surface area contributed by atoms with Crippen molar-refractivity contribution in [3.05, 3.63) is 17.7 Å². The van der Waals surface area contributed by atoms with Crippen molar-refractivity contribution in [2.24, 2.45) is 0 Å². The molecule has 0 N–H and O–H groups in total. The number of phosphoric ester groups is 1. The van der Waals surface area contributed by atoms with Crippen LogP contribution in [0.25, 0.3) is 0 Å². The molecule has 7 heteroatoms. The summed E-state index contributed by atoms with van der Waals surface area (Å²) in [6.07, 6.45) is 0. The molecule has 1 aromatic carbocycles. The Labute approximate surface area is 131 Å². The van der Waals surface area contributed by atoms with E-state index in [2.05, 4.69) is 0 Å². The molecule has 0 saturated carbocycles. The molecule has 0 radical (unpaired) electrons. The number of rotatable bonds is 6. The lowest BCUT2D eigenvalue weighted by Gasteiger charge is -2.25. The Hall–Kier alpha value is -1.23. The third-order valence-electron chi connectivity index (χ3n) is 3.07. The van der Waals surface area contributed by atoms with E-state index in [0.29, 0.717) is 17.2 Å². The second-order valence-electron chi connectivity index (χ2n) is 5.83. The summed E-state index contributed by atoms with van der Waals surface area (Å²) in [6, 6.07) is 3.52. The van der Waals surface area contributed by atoms with Gasteiger partial charge in [0, 0.05) is 11.6 Å².